The average Bonchev–Trinajstić information content (AvgIpc) is 2.71. The van der Waals surface area contributed by atoms with Crippen molar-refractivity contribution >= 4 is 10.1 Å². The first-order chi connectivity index (χ1) is 14.9. The topological polar surface area (TPSA) is 86.7 Å². The summed E-state index contributed by atoms with van der Waals surface area (Å²) in [7, 11) is -4.68. The van der Waals surface area contributed by atoms with Crippen LogP contribution in [0.15, 0.2) is 47.4 Å². The van der Waals surface area contributed by atoms with Gasteiger partial charge in [0.15, 0.2) is 0 Å². The van der Waals surface area contributed by atoms with E-state index in [0.717, 1.165) is 24.8 Å². The van der Waals surface area contributed by atoms with E-state index >= 15 is 0 Å². The predicted octanol–water partition coefficient (Wildman–Crippen LogP) is 3.66. The molecule has 5 nitrogen and oxygen atoms in total. The summed E-state index contributed by atoms with van der Waals surface area (Å²) in [6, 6.07) is 11.5. The van der Waals surface area contributed by atoms with Crippen LogP contribution in [0.1, 0.15) is 83.1 Å². The molecule has 0 atom stereocenters. The first-order valence-corrected chi connectivity index (χ1v) is 12.9. The van der Waals surface area contributed by atoms with E-state index in [-0.39, 0.29) is 57.1 Å². The van der Waals surface area contributed by atoms with Crippen LogP contribution >= 0.6 is 0 Å². The number of hydrogen-bond donors (Lipinski definition) is 1. The third-order valence-corrected chi connectivity index (χ3v) is 6.30. The van der Waals surface area contributed by atoms with E-state index in [2.05, 4.69) is 6.92 Å². The summed E-state index contributed by atoms with van der Waals surface area (Å²) in [5.74, 6) is -0.466. The van der Waals surface area contributed by atoms with Crippen molar-refractivity contribution in [1.29, 1.82) is 0 Å². The van der Waals surface area contributed by atoms with Gasteiger partial charge in [0.05, 0.1) is 0 Å². The molecule has 7 heteroatoms. The quantitative estimate of drug-likeness (QED) is 0.236. The Hall–Kier alpha value is -0.414. The van der Waals surface area contributed by atoms with Crippen LogP contribution in [0.5, 0.6) is 17.2 Å². The Morgan fingerprint density at radius 1 is 0.844 bits per heavy atom. The van der Waals surface area contributed by atoms with Gasteiger partial charge < -0.3 is 9.84 Å². The minimum Gasteiger partial charge on any atom is -0.871 e. The Bertz CT molecular complexity index is 885. The maximum atomic E-state index is 12.4. The van der Waals surface area contributed by atoms with E-state index in [1.54, 1.807) is 36.4 Å². The van der Waals surface area contributed by atoms with Crippen LogP contribution in [-0.2, 0) is 16.5 Å². The molecule has 0 aliphatic heterocycles. The number of para-hydroxylation sites is 1. The molecule has 0 radical (unpaired) electrons. The molecule has 0 fully saturated rings. The van der Waals surface area contributed by atoms with Gasteiger partial charge in [-0.3, -0.25) is 4.55 Å². The molecule has 0 aliphatic carbocycles. The fourth-order valence-corrected chi connectivity index (χ4v) is 4.38. The van der Waals surface area contributed by atoms with Gasteiger partial charge >= 0.3 is 51.4 Å². The van der Waals surface area contributed by atoms with Gasteiger partial charge in [0.25, 0.3) is 10.1 Å². The second-order valence-electron chi connectivity index (χ2n) is 8.10. The Kier molecular flexibility index (Phi) is 15.0. The summed E-state index contributed by atoms with van der Waals surface area (Å²) in [4.78, 5) is -0.709. The number of aryl methyl sites for hydroxylation is 1. The molecule has 32 heavy (non-hydrogen) atoms. The van der Waals surface area contributed by atoms with Gasteiger partial charge in [0.1, 0.15) is 16.4 Å². The van der Waals surface area contributed by atoms with E-state index in [1.807, 2.05) is 0 Å². The summed E-state index contributed by atoms with van der Waals surface area (Å²) in [6.45, 7) is 2.23. The van der Waals surface area contributed by atoms with Gasteiger partial charge in [-0.15, -0.1) is 0 Å². The first-order valence-electron chi connectivity index (χ1n) is 11.5. The fourth-order valence-electron chi connectivity index (χ4n) is 3.71. The van der Waals surface area contributed by atoms with Gasteiger partial charge in [-0.2, -0.15) is 8.42 Å². The summed E-state index contributed by atoms with van der Waals surface area (Å²) >= 11 is 0. The van der Waals surface area contributed by atoms with Gasteiger partial charge in [-0.1, -0.05) is 101 Å². The van der Waals surface area contributed by atoms with E-state index < -0.39 is 20.8 Å². The van der Waals surface area contributed by atoms with Crippen LogP contribution in [0.4, 0.5) is 0 Å². The van der Waals surface area contributed by atoms with Crippen molar-refractivity contribution in [3.8, 4) is 17.2 Å². The molecule has 0 spiro atoms. The standard InChI is InChI=1S/C25H36O5S.K/c1-2-3-4-5-6-7-8-9-10-11-13-16-21-19-23(26)25(31(27,28)29)24(20-21)30-22-17-14-12-15-18-22;/h12,14-15,17-20,26H,2-11,13,16H2,1H3,(H,27,28,29);/q;+1/p-1. The van der Waals surface area contributed by atoms with Crippen molar-refractivity contribution in [2.24, 2.45) is 0 Å². The predicted molar refractivity (Wildman–Crippen MR) is 122 cm³/mol. The van der Waals surface area contributed by atoms with E-state index in [9.17, 15) is 18.1 Å². The number of hydrogen-bond acceptors (Lipinski definition) is 4. The molecule has 0 bridgehead atoms. The number of ether oxygens (including phenoxy) is 1. The third kappa shape index (κ3) is 11.1. The molecular formula is C25H35KO5S. The second kappa shape index (κ2) is 16.3. The van der Waals surface area contributed by atoms with Crippen LogP contribution in [0.2, 0.25) is 0 Å². The molecule has 2 rings (SSSR count). The van der Waals surface area contributed by atoms with Gasteiger partial charge in [-0.25, -0.2) is 0 Å². The average molecular weight is 487 g/mol. The second-order valence-corrected chi connectivity index (χ2v) is 9.46. The number of rotatable bonds is 15. The normalized spacial score (nSPS) is 11.2. The Morgan fingerprint density at radius 2 is 1.38 bits per heavy atom. The van der Waals surface area contributed by atoms with Crippen molar-refractivity contribution in [3.05, 3.63) is 48.0 Å². The fraction of sp³-hybridized carbons (Fsp3) is 0.520. The summed E-state index contributed by atoms with van der Waals surface area (Å²) < 4.78 is 38.5. The zero-order valence-corrected chi connectivity index (χ0v) is 23.5. The summed E-state index contributed by atoms with van der Waals surface area (Å²) in [5, 5.41) is 12.4. The molecule has 0 saturated heterocycles. The third-order valence-electron chi connectivity index (χ3n) is 5.38. The van der Waals surface area contributed by atoms with E-state index in [4.69, 9.17) is 4.74 Å². The maximum Gasteiger partial charge on any atom is 1.00 e. The van der Waals surface area contributed by atoms with Crippen LogP contribution in [0.3, 0.4) is 0 Å². The molecule has 2 aromatic rings. The monoisotopic (exact) mass is 486 g/mol. The molecule has 0 aliphatic rings. The molecule has 1 N–H and O–H groups in total. The Balaban J connectivity index is 0.00000512. The first kappa shape index (κ1) is 29.6. The largest absolute Gasteiger partial charge is 1.00 e. The Labute approximate surface area is 236 Å². The molecule has 0 aromatic heterocycles. The smallest absolute Gasteiger partial charge is 0.871 e. The Morgan fingerprint density at radius 3 is 1.91 bits per heavy atom. The maximum absolute atomic E-state index is 12.4. The van der Waals surface area contributed by atoms with Gasteiger partial charge in [0, 0.05) is 0 Å². The van der Waals surface area contributed by atoms with Crippen molar-refractivity contribution < 1.29 is 74.2 Å². The van der Waals surface area contributed by atoms with Crippen molar-refractivity contribution in [2.75, 3.05) is 0 Å². The molecule has 2 aromatic carbocycles. The zero-order valence-electron chi connectivity index (χ0n) is 19.5. The molecule has 0 unspecified atom stereocenters. The molecule has 0 saturated carbocycles. The summed E-state index contributed by atoms with van der Waals surface area (Å²) in [6.07, 6.45) is 14.3. The van der Waals surface area contributed by atoms with Crippen LogP contribution in [0.25, 0.3) is 0 Å². The molecular weight excluding hydrogens is 451 g/mol. The van der Waals surface area contributed by atoms with Crippen LogP contribution in [-0.4, -0.2) is 13.0 Å². The van der Waals surface area contributed by atoms with E-state index in [0.29, 0.717) is 12.2 Å². The van der Waals surface area contributed by atoms with E-state index in [1.165, 1.54) is 57.4 Å². The van der Waals surface area contributed by atoms with Crippen molar-refractivity contribution in [2.45, 2.75) is 88.9 Å². The minimum absolute atomic E-state index is 0. The van der Waals surface area contributed by atoms with Gasteiger partial charge in [-0.05, 0) is 36.6 Å². The van der Waals surface area contributed by atoms with Crippen molar-refractivity contribution in [3.63, 3.8) is 0 Å². The van der Waals surface area contributed by atoms with Crippen molar-refractivity contribution in [1.82, 2.24) is 0 Å². The summed E-state index contributed by atoms with van der Waals surface area (Å²) in [5.41, 5.74) is 0.722. The van der Waals surface area contributed by atoms with Crippen LogP contribution < -0.4 is 61.2 Å². The number of benzene rings is 2. The molecule has 0 heterocycles. The SMILES string of the molecule is CCCCCCCCCCCCCc1cc([O-])c(S(=O)(=O)O)c(Oc2ccccc2)c1.[K+]. The number of unbranched alkanes of at least 4 members (excludes halogenated alkanes) is 10. The minimum atomic E-state index is -4.68. The molecule has 0 amide bonds. The molecule has 172 valence electrons. The zero-order chi connectivity index (χ0) is 22.5. The van der Waals surface area contributed by atoms with Crippen LogP contribution in [0, 0.1) is 0 Å². The van der Waals surface area contributed by atoms with Gasteiger partial charge in [0.2, 0.25) is 0 Å².